The van der Waals surface area contributed by atoms with Crippen LogP contribution in [-0.2, 0) is 11.3 Å². The summed E-state index contributed by atoms with van der Waals surface area (Å²) in [4.78, 5) is 9.69. The van der Waals surface area contributed by atoms with Gasteiger partial charge in [0.2, 0.25) is 5.95 Å². The highest BCUT2D eigenvalue weighted by Crippen LogP contribution is 2.19. The van der Waals surface area contributed by atoms with Gasteiger partial charge in [-0.05, 0) is 29.8 Å². The molecule has 0 fully saturated rings. The summed E-state index contributed by atoms with van der Waals surface area (Å²) in [6.45, 7) is 6.44. The Kier molecular flexibility index (Phi) is 5.37. The zero-order chi connectivity index (χ0) is 12.1. The molecule has 1 rings (SSSR count). The van der Waals surface area contributed by atoms with Gasteiger partial charge in [0.05, 0.1) is 16.8 Å². The van der Waals surface area contributed by atoms with Gasteiger partial charge in [0.15, 0.2) is 0 Å². The highest BCUT2D eigenvalue weighted by atomic mass is 79.9. The third kappa shape index (κ3) is 3.02. The molecular formula is C10H16BrN3OS. The molecule has 0 saturated carbocycles. The molecule has 0 spiro atoms. The maximum Gasteiger partial charge on any atom is 0.204 e. The van der Waals surface area contributed by atoms with E-state index < -0.39 is 0 Å². The lowest BCUT2D eigenvalue weighted by Gasteiger charge is -2.20. The molecule has 0 saturated heterocycles. The number of aromatic nitrogens is 2. The van der Waals surface area contributed by atoms with Crippen molar-refractivity contribution >= 4 is 34.1 Å². The molecule has 4 nitrogen and oxygen atoms in total. The molecule has 0 aliphatic rings. The minimum absolute atomic E-state index is 0.487. The van der Waals surface area contributed by atoms with Crippen LogP contribution in [0.2, 0.25) is 0 Å². The Morgan fingerprint density at radius 1 is 1.44 bits per heavy atom. The van der Waals surface area contributed by atoms with Gasteiger partial charge >= 0.3 is 0 Å². The molecule has 0 aliphatic heterocycles. The number of rotatable bonds is 5. The Balaban J connectivity index is 3.17. The first-order chi connectivity index (χ1) is 7.63. The average Bonchev–Trinajstić information content (AvgIpc) is 2.27. The topological polar surface area (TPSA) is 41.2 Å². The van der Waals surface area contributed by atoms with E-state index in [4.69, 9.17) is 17.0 Å². The number of hydrogen-bond acceptors (Lipinski definition) is 4. The molecule has 0 aliphatic carbocycles. The lowest BCUT2D eigenvalue weighted by molar-refractivity contribution is 0.181. The lowest BCUT2D eigenvalue weighted by Crippen LogP contribution is -2.24. The predicted octanol–water partition coefficient (Wildman–Crippen LogP) is 2.89. The Morgan fingerprint density at radius 3 is 2.56 bits per heavy atom. The SMILES string of the molecule is CCN(CC)c1nc(=S)c(Br)c(COC)[nH]1. The molecule has 1 aromatic heterocycles. The zero-order valence-corrected chi connectivity index (χ0v) is 12.1. The van der Waals surface area contributed by atoms with Gasteiger partial charge in [0, 0.05) is 20.2 Å². The van der Waals surface area contributed by atoms with E-state index in [0.717, 1.165) is 29.2 Å². The maximum absolute atomic E-state index is 5.20. The van der Waals surface area contributed by atoms with Crippen molar-refractivity contribution in [3.8, 4) is 0 Å². The number of nitrogens with one attached hydrogen (secondary N) is 1. The minimum Gasteiger partial charge on any atom is -0.378 e. The van der Waals surface area contributed by atoms with Gasteiger partial charge in [-0.1, -0.05) is 12.2 Å². The largest absolute Gasteiger partial charge is 0.378 e. The van der Waals surface area contributed by atoms with E-state index in [1.165, 1.54) is 0 Å². The molecule has 0 amide bonds. The van der Waals surface area contributed by atoms with E-state index >= 15 is 0 Å². The van der Waals surface area contributed by atoms with Crippen LogP contribution < -0.4 is 4.90 Å². The molecule has 1 heterocycles. The Labute approximate surface area is 109 Å². The number of ether oxygens (including phenoxy) is 1. The summed E-state index contributed by atoms with van der Waals surface area (Å²) >= 11 is 8.61. The van der Waals surface area contributed by atoms with Crippen LogP contribution in [0.5, 0.6) is 0 Å². The molecule has 1 N–H and O–H groups in total. The van der Waals surface area contributed by atoms with Crippen LogP contribution in [0.1, 0.15) is 19.5 Å². The van der Waals surface area contributed by atoms with Gasteiger partial charge in [0.25, 0.3) is 0 Å². The molecule has 1 aromatic rings. The van der Waals surface area contributed by atoms with Crippen molar-refractivity contribution < 1.29 is 4.74 Å². The second-order valence-electron chi connectivity index (χ2n) is 3.26. The fourth-order valence-electron chi connectivity index (χ4n) is 1.41. The lowest BCUT2D eigenvalue weighted by atomic mass is 10.4. The van der Waals surface area contributed by atoms with E-state index in [9.17, 15) is 0 Å². The van der Waals surface area contributed by atoms with Gasteiger partial charge in [-0.2, -0.15) is 0 Å². The monoisotopic (exact) mass is 305 g/mol. The van der Waals surface area contributed by atoms with Crippen LogP contribution in [-0.4, -0.2) is 30.2 Å². The zero-order valence-electron chi connectivity index (χ0n) is 9.71. The van der Waals surface area contributed by atoms with Gasteiger partial charge < -0.3 is 14.6 Å². The third-order valence-corrected chi connectivity index (χ3v) is 3.69. The molecule has 0 bridgehead atoms. The van der Waals surface area contributed by atoms with Crippen LogP contribution >= 0.6 is 28.1 Å². The summed E-state index contributed by atoms with van der Waals surface area (Å²) in [5.41, 5.74) is 0.921. The average molecular weight is 306 g/mol. The molecule has 0 unspecified atom stereocenters. The van der Waals surface area contributed by atoms with Crippen molar-refractivity contribution in [3.05, 3.63) is 14.8 Å². The van der Waals surface area contributed by atoms with Crippen LogP contribution in [0.4, 0.5) is 5.95 Å². The summed E-state index contributed by atoms with van der Waals surface area (Å²) < 4.78 is 6.48. The second-order valence-corrected chi connectivity index (χ2v) is 4.44. The second kappa shape index (κ2) is 6.32. The predicted molar refractivity (Wildman–Crippen MR) is 71.4 cm³/mol. The number of H-pyrrole nitrogens is 1. The molecule has 0 radical (unpaired) electrons. The highest BCUT2D eigenvalue weighted by Gasteiger charge is 2.09. The molecule has 0 aromatic carbocycles. The van der Waals surface area contributed by atoms with Crippen molar-refractivity contribution in [2.75, 3.05) is 25.1 Å². The number of anilines is 1. The van der Waals surface area contributed by atoms with Crippen molar-refractivity contribution in [1.29, 1.82) is 0 Å². The van der Waals surface area contributed by atoms with E-state index in [1.54, 1.807) is 7.11 Å². The van der Waals surface area contributed by atoms with E-state index in [2.05, 4.69) is 44.6 Å². The fraction of sp³-hybridized carbons (Fsp3) is 0.600. The quantitative estimate of drug-likeness (QED) is 0.849. The first-order valence-corrected chi connectivity index (χ1v) is 6.36. The summed E-state index contributed by atoms with van der Waals surface area (Å²) in [7, 11) is 1.65. The Hall–Kier alpha value is -0.460. The van der Waals surface area contributed by atoms with Crippen LogP contribution in [0.15, 0.2) is 4.47 Å². The molecule has 0 atom stereocenters. The normalized spacial score (nSPS) is 10.5. The number of hydrogen-bond donors (Lipinski definition) is 1. The number of aromatic amines is 1. The van der Waals surface area contributed by atoms with Gasteiger partial charge in [0.1, 0.15) is 4.64 Å². The molecular weight excluding hydrogens is 290 g/mol. The van der Waals surface area contributed by atoms with Gasteiger partial charge in [-0.15, -0.1) is 0 Å². The molecule has 6 heteroatoms. The number of halogens is 1. The third-order valence-electron chi connectivity index (χ3n) is 2.27. The maximum atomic E-state index is 5.20. The molecule has 16 heavy (non-hydrogen) atoms. The molecule has 90 valence electrons. The van der Waals surface area contributed by atoms with Crippen LogP contribution in [0, 0.1) is 4.64 Å². The number of nitrogens with zero attached hydrogens (tertiary/aromatic N) is 2. The van der Waals surface area contributed by atoms with Crippen LogP contribution in [0.25, 0.3) is 0 Å². The van der Waals surface area contributed by atoms with E-state index in [0.29, 0.717) is 11.2 Å². The number of methoxy groups -OCH3 is 1. The van der Waals surface area contributed by atoms with Crippen molar-refractivity contribution in [1.82, 2.24) is 9.97 Å². The van der Waals surface area contributed by atoms with E-state index in [1.807, 2.05) is 0 Å². The smallest absolute Gasteiger partial charge is 0.204 e. The summed E-state index contributed by atoms with van der Waals surface area (Å²) in [5.74, 6) is 0.797. The van der Waals surface area contributed by atoms with Gasteiger partial charge in [-0.3, -0.25) is 0 Å². The van der Waals surface area contributed by atoms with Crippen molar-refractivity contribution in [2.24, 2.45) is 0 Å². The first-order valence-electron chi connectivity index (χ1n) is 5.16. The summed E-state index contributed by atoms with van der Waals surface area (Å²) in [5, 5.41) is 0. The summed E-state index contributed by atoms with van der Waals surface area (Å²) in [6, 6.07) is 0. The van der Waals surface area contributed by atoms with E-state index in [-0.39, 0.29) is 0 Å². The van der Waals surface area contributed by atoms with Crippen LogP contribution in [0.3, 0.4) is 0 Å². The van der Waals surface area contributed by atoms with Crippen molar-refractivity contribution in [2.45, 2.75) is 20.5 Å². The van der Waals surface area contributed by atoms with Crippen molar-refractivity contribution in [3.63, 3.8) is 0 Å². The fourth-order valence-corrected chi connectivity index (χ4v) is 1.92. The first kappa shape index (κ1) is 13.6. The Morgan fingerprint density at radius 2 is 2.06 bits per heavy atom. The standard InChI is InChI=1S/C10H16BrN3OS/c1-4-14(5-2)10-12-7(6-15-3)8(11)9(16)13-10/h4-6H2,1-3H3,(H,12,13,16). The highest BCUT2D eigenvalue weighted by molar-refractivity contribution is 9.10. The Bertz CT molecular complexity index is 404. The van der Waals surface area contributed by atoms with Gasteiger partial charge in [-0.25, -0.2) is 4.98 Å². The minimum atomic E-state index is 0.487. The summed E-state index contributed by atoms with van der Waals surface area (Å²) in [6.07, 6.45) is 0.